The molecule has 0 saturated carbocycles. The summed E-state index contributed by atoms with van der Waals surface area (Å²) in [4.78, 5) is 78.8. The smallest absolute Gasteiger partial charge is 0.326 e. The first-order chi connectivity index (χ1) is 14.3. The van der Waals surface area contributed by atoms with E-state index in [2.05, 4.69) is 34.7 Å². The monoisotopic (exact) mass is 417 g/mol. The van der Waals surface area contributed by atoms with Gasteiger partial charge in [-0.05, 0) is 18.2 Å². The molecule has 0 aliphatic carbocycles. The maximum absolute atomic E-state index is 11.6. The molecule has 0 saturated heterocycles. The molecule has 1 aromatic rings. The Labute approximate surface area is 169 Å². The van der Waals surface area contributed by atoms with E-state index in [4.69, 9.17) is 14.2 Å². The average Bonchev–Trinajstić information content (AvgIpc) is 2.77. The summed E-state index contributed by atoms with van der Waals surface area (Å²) in [5.74, 6) is -2.51. The molecule has 0 aromatic carbocycles. The van der Waals surface area contributed by atoms with Crippen molar-refractivity contribution >= 4 is 36.2 Å². The lowest BCUT2D eigenvalue weighted by Gasteiger charge is -2.14. The van der Waals surface area contributed by atoms with E-state index >= 15 is 0 Å². The highest BCUT2D eigenvalue weighted by molar-refractivity contribution is 6.04. The maximum Gasteiger partial charge on any atom is 0.326 e. The molecule has 0 fully saturated rings. The van der Waals surface area contributed by atoms with Crippen molar-refractivity contribution < 1.29 is 43.0 Å². The first-order valence-corrected chi connectivity index (χ1v) is 7.94. The molecule has 0 N–H and O–H groups in total. The lowest BCUT2D eigenvalue weighted by atomic mass is 10.2. The van der Waals surface area contributed by atoms with E-state index < -0.39 is 53.7 Å². The van der Waals surface area contributed by atoms with Crippen LogP contribution in [-0.4, -0.2) is 69.5 Å². The number of carbonyl (C=O) groups is 6. The number of hydrogen-bond donors (Lipinski definition) is 0. The average molecular weight is 417 g/mol. The van der Waals surface area contributed by atoms with Crippen molar-refractivity contribution in [3.8, 4) is 18.0 Å². The fourth-order valence-electron chi connectivity index (χ4n) is 1.63. The molecule has 0 aliphatic heterocycles. The van der Waals surface area contributed by atoms with Crippen LogP contribution in [0.25, 0.3) is 0 Å². The Balaban J connectivity index is 3.36. The number of ketones is 3. The van der Waals surface area contributed by atoms with Crippen molar-refractivity contribution in [3.63, 3.8) is 0 Å². The van der Waals surface area contributed by atoms with Gasteiger partial charge in [-0.15, -0.1) is 15.0 Å². The molecule has 0 amide bonds. The van der Waals surface area contributed by atoms with Gasteiger partial charge in [-0.2, -0.15) is 0 Å². The zero-order valence-electron chi connectivity index (χ0n) is 15.3. The van der Waals surface area contributed by atoms with Crippen LogP contribution in [-0.2, 0) is 28.8 Å². The highest BCUT2D eigenvalue weighted by atomic mass is 16.5. The van der Waals surface area contributed by atoms with Crippen LogP contribution >= 0.6 is 0 Å². The van der Waals surface area contributed by atoms with E-state index in [0.717, 1.165) is 18.2 Å². The third-order valence-corrected chi connectivity index (χ3v) is 3.09. The van der Waals surface area contributed by atoms with Gasteiger partial charge in [0, 0.05) is 0 Å². The molecule has 0 bridgehead atoms. The van der Waals surface area contributed by atoms with Crippen molar-refractivity contribution in [3.05, 3.63) is 38.0 Å². The van der Waals surface area contributed by atoms with Gasteiger partial charge in [0.15, 0.2) is 18.9 Å². The van der Waals surface area contributed by atoms with Crippen LogP contribution in [0.15, 0.2) is 38.0 Å². The molecular formula is C18H15N3O9. The SMILES string of the molecule is C=CC(=O)C(C=O)Oc1nc(OC(C=O)C(=O)C=C)nc(OC(C=O)C(=O)C=C)n1. The highest BCUT2D eigenvalue weighted by Gasteiger charge is 2.25. The summed E-state index contributed by atoms with van der Waals surface area (Å²) in [6, 6.07) is -2.14. The number of hydrogen-bond acceptors (Lipinski definition) is 12. The quantitative estimate of drug-likeness (QED) is 0.194. The first-order valence-electron chi connectivity index (χ1n) is 7.94. The summed E-state index contributed by atoms with van der Waals surface area (Å²) >= 11 is 0. The van der Waals surface area contributed by atoms with Gasteiger partial charge in [-0.3, -0.25) is 28.8 Å². The predicted octanol–water partition coefficient (Wildman–Crippen LogP) is -1.02. The largest absolute Gasteiger partial charge is 0.444 e. The lowest BCUT2D eigenvalue weighted by molar-refractivity contribution is -0.128. The zero-order valence-corrected chi connectivity index (χ0v) is 15.3. The summed E-state index contributed by atoms with van der Waals surface area (Å²) in [7, 11) is 0. The maximum atomic E-state index is 11.6. The minimum Gasteiger partial charge on any atom is -0.444 e. The number of nitrogens with zero attached hydrogens (tertiary/aromatic N) is 3. The van der Waals surface area contributed by atoms with Crippen LogP contribution < -0.4 is 14.2 Å². The standard InChI is InChI=1S/C18H15N3O9/c1-4-10(25)13(7-22)28-16-19-17(29-14(8-23)11(26)5-2)21-18(20-16)30-15(9-24)12(27)6-3/h4-9,13-15H,1-3H2. The second kappa shape index (κ2) is 11.5. The minimum absolute atomic E-state index is 0.125. The van der Waals surface area contributed by atoms with Crippen LogP contribution in [0, 0.1) is 0 Å². The van der Waals surface area contributed by atoms with Crippen LogP contribution in [0.3, 0.4) is 0 Å². The molecule has 1 heterocycles. The van der Waals surface area contributed by atoms with Gasteiger partial charge in [-0.25, -0.2) is 0 Å². The number of carbonyl (C=O) groups excluding carboxylic acids is 6. The topological polar surface area (TPSA) is 169 Å². The van der Waals surface area contributed by atoms with E-state index in [9.17, 15) is 28.8 Å². The van der Waals surface area contributed by atoms with Gasteiger partial charge in [0.05, 0.1) is 0 Å². The zero-order chi connectivity index (χ0) is 22.7. The molecule has 0 aliphatic rings. The van der Waals surface area contributed by atoms with Gasteiger partial charge >= 0.3 is 18.0 Å². The Morgan fingerprint density at radius 3 is 1.00 bits per heavy atom. The molecule has 12 nitrogen and oxygen atoms in total. The minimum atomic E-state index is -1.70. The highest BCUT2D eigenvalue weighted by Crippen LogP contribution is 2.18. The van der Waals surface area contributed by atoms with Crippen molar-refractivity contribution in [1.82, 2.24) is 15.0 Å². The Kier molecular flexibility index (Phi) is 9.07. The Morgan fingerprint density at radius 2 is 0.833 bits per heavy atom. The summed E-state index contributed by atoms with van der Waals surface area (Å²) in [6.45, 7) is 9.61. The fourth-order valence-corrected chi connectivity index (χ4v) is 1.63. The van der Waals surface area contributed by atoms with E-state index in [0.29, 0.717) is 0 Å². The van der Waals surface area contributed by atoms with Gasteiger partial charge in [0.2, 0.25) is 35.7 Å². The molecule has 0 radical (unpaired) electrons. The van der Waals surface area contributed by atoms with Crippen molar-refractivity contribution in [2.45, 2.75) is 18.3 Å². The lowest BCUT2D eigenvalue weighted by Crippen LogP contribution is -2.31. The third kappa shape index (κ3) is 6.37. The van der Waals surface area contributed by atoms with Crippen molar-refractivity contribution in [2.24, 2.45) is 0 Å². The van der Waals surface area contributed by atoms with Crippen LogP contribution in [0.1, 0.15) is 0 Å². The van der Waals surface area contributed by atoms with Crippen LogP contribution in [0.4, 0.5) is 0 Å². The summed E-state index contributed by atoms with van der Waals surface area (Å²) in [5, 5.41) is 0. The van der Waals surface area contributed by atoms with Gasteiger partial charge in [-0.1, -0.05) is 19.7 Å². The van der Waals surface area contributed by atoms with Gasteiger partial charge in [0.1, 0.15) is 0 Å². The molecule has 12 heteroatoms. The van der Waals surface area contributed by atoms with E-state index in [-0.39, 0.29) is 18.9 Å². The second-order valence-electron chi connectivity index (χ2n) is 5.03. The number of ether oxygens (including phenoxy) is 3. The van der Waals surface area contributed by atoms with Crippen molar-refractivity contribution in [2.75, 3.05) is 0 Å². The predicted molar refractivity (Wildman–Crippen MR) is 96.9 cm³/mol. The summed E-state index contributed by atoms with van der Waals surface area (Å²) in [6.07, 6.45) is -2.28. The summed E-state index contributed by atoms with van der Waals surface area (Å²) in [5.41, 5.74) is 0. The molecule has 3 unspecified atom stereocenters. The second-order valence-corrected chi connectivity index (χ2v) is 5.03. The molecule has 30 heavy (non-hydrogen) atoms. The Bertz CT molecular complexity index is 770. The van der Waals surface area contributed by atoms with Crippen LogP contribution in [0.5, 0.6) is 18.0 Å². The van der Waals surface area contributed by atoms with Gasteiger partial charge in [0.25, 0.3) is 0 Å². The number of aldehydes is 3. The Hall–Kier alpha value is -4.35. The van der Waals surface area contributed by atoms with Crippen molar-refractivity contribution in [1.29, 1.82) is 0 Å². The molecule has 156 valence electrons. The Morgan fingerprint density at radius 1 is 0.600 bits per heavy atom. The normalized spacial score (nSPS) is 12.8. The first kappa shape index (κ1) is 23.7. The molecular weight excluding hydrogens is 402 g/mol. The molecule has 1 aromatic heterocycles. The fraction of sp³-hybridized carbons (Fsp3) is 0.167. The molecule has 0 spiro atoms. The van der Waals surface area contributed by atoms with Crippen LogP contribution in [0.2, 0.25) is 0 Å². The van der Waals surface area contributed by atoms with E-state index in [1.165, 1.54) is 0 Å². The molecule has 1 rings (SSSR count). The summed E-state index contributed by atoms with van der Waals surface area (Å²) < 4.78 is 15.0. The number of rotatable bonds is 15. The van der Waals surface area contributed by atoms with E-state index in [1.807, 2.05) is 0 Å². The van der Waals surface area contributed by atoms with E-state index in [1.54, 1.807) is 0 Å². The number of aromatic nitrogens is 3. The third-order valence-electron chi connectivity index (χ3n) is 3.09. The molecule has 3 atom stereocenters. The van der Waals surface area contributed by atoms with Gasteiger partial charge < -0.3 is 14.2 Å².